The number of carbonyl (C=O) groups is 2. The van der Waals surface area contributed by atoms with Gasteiger partial charge in [-0.15, -0.1) is 0 Å². The fraction of sp³-hybridized carbons (Fsp3) is 0.286. The summed E-state index contributed by atoms with van der Waals surface area (Å²) in [5.41, 5.74) is 1.24. The highest BCUT2D eigenvalue weighted by atomic mass is 16.4. The molecule has 0 saturated carbocycles. The number of aliphatic carboxylic acids is 1. The summed E-state index contributed by atoms with van der Waals surface area (Å²) in [5, 5.41) is 20.1. The number of hydrogen-bond donors (Lipinski definition) is 3. The standard InChI is InChI=1S/C14H18N2O4/c1-2-16(8-9-17)14(20)15-12-5-3-4-11(10-12)6-7-13(18)19/h3-7,10,17H,2,8-9H2,1H3,(H,15,20)(H,18,19)/b7-6+. The SMILES string of the molecule is CCN(CCO)C(=O)Nc1cccc(/C=C/C(=O)O)c1. The van der Waals surface area contributed by atoms with Crippen LogP contribution in [0.3, 0.4) is 0 Å². The van der Waals surface area contributed by atoms with E-state index in [-0.39, 0.29) is 19.2 Å². The first-order valence-corrected chi connectivity index (χ1v) is 6.24. The number of benzene rings is 1. The maximum atomic E-state index is 11.9. The number of amides is 2. The van der Waals surface area contributed by atoms with E-state index < -0.39 is 5.97 Å². The summed E-state index contributed by atoms with van der Waals surface area (Å²) >= 11 is 0. The lowest BCUT2D eigenvalue weighted by Crippen LogP contribution is -2.36. The molecule has 0 radical (unpaired) electrons. The van der Waals surface area contributed by atoms with Crippen LogP contribution in [0.15, 0.2) is 30.3 Å². The van der Waals surface area contributed by atoms with E-state index in [9.17, 15) is 9.59 Å². The van der Waals surface area contributed by atoms with Gasteiger partial charge >= 0.3 is 12.0 Å². The molecule has 0 aliphatic heterocycles. The fourth-order valence-corrected chi connectivity index (χ4v) is 1.61. The predicted octanol–water partition coefficient (Wildman–Crippen LogP) is 1.63. The normalized spacial score (nSPS) is 10.5. The molecule has 0 aromatic heterocycles. The summed E-state index contributed by atoms with van der Waals surface area (Å²) in [6, 6.07) is 6.54. The van der Waals surface area contributed by atoms with E-state index in [4.69, 9.17) is 10.2 Å². The zero-order valence-electron chi connectivity index (χ0n) is 11.2. The number of carboxylic acids is 1. The molecular weight excluding hydrogens is 260 g/mol. The zero-order valence-corrected chi connectivity index (χ0v) is 11.2. The van der Waals surface area contributed by atoms with E-state index in [0.717, 1.165) is 6.08 Å². The predicted molar refractivity (Wildman–Crippen MR) is 76.5 cm³/mol. The minimum absolute atomic E-state index is 0.0946. The van der Waals surface area contributed by atoms with Crippen molar-refractivity contribution in [2.45, 2.75) is 6.92 Å². The van der Waals surface area contributed by atoms with Crippen molar-refractivity contribution in [1.82, 2.24) is 4.90 Å². The minimum atomic E-state index is -1.03. The molecule has 0 saturated heterocycles. The van der Waals surface area contributed by atoms with Gasteiger partial charge in [0.2, 0.25) is 0 Å². The highest BCUT2D eigenvalue weighted by Gasteiger charge is 2.10. The third-order valence-electron chi connectivity index (χ3n) is 2.60. The number of aliphatic hydroxyl groups excluding tert-OH is 1. The maximum absolute atomic E-state index is 11.9. The number of carbonyl (C=O) groups excluding carboxylic acids is 1. The number of nitrogens with zero attached hydrogens (tertiary/aromatic N) is 1. The maximum Gasteiger partial charge on any atom is 0.328 e. The van der Waals surface area contributed by atoms with Gasteiger partial charge in [0.15, 0.2) is 0 Å². The van der Waals surface area contributed by atoms with E-state index in [0.29, 0.717) is 17.8 Å². The Labute approximate surface area is 117 Å². The van der Waals surface area contributed by atoms with Gasteiger partial charge in [0.1, 0.15) is 0 Å². The van der Waals surface area contributed by atoms with Crippen LogP contribution >= 0.6 is 0 Å². The fourth-order valence-electron chi connectivity index (χ4n) is 1.61. The van der Waals surface area contributed by atoms with E-state index in [2.05, 4.69) is 5.32 Å². The molecular formula is C14H18N2O4. The zero-order chi connectivity index (χ0) is 15.0. The highest BCUT2D eigenvalue weighted by molar-refractivity contribution is 5.90. The molecule has 20 heavy (non-hydrogen) atoms. The quantitative estimate of drug-likeness (QED) is 0.690. The first-order chi connectivity index (χ1) is 9.56. The van der Waals surface area contributed by atoms with Crippen LogP contribution in [0.25, 0.3) is 6.08 Å². The van der Waals surface area contributed by atoms with Gasteiger partial charge in [0.05, 0.1) is 6.61 Å². The number of nitrogens with one attached hydrogen (secondary N) is 1. The molecule has 2 amide bonds. The van der Waals surface area contributed by atoms with Crippen molar-refractivity contribution in [2.24, 2.45) is 0 Å². The Morgan fingerprint density at radius 1 is 1.40 bits per heavy atom. The van der Waals surface area contributed by atoms with Crippen molar-refractivity contribution in [3.05, 3.63) is 35.9 Å². The number of aliphatic hydroxyl groups is 1. The monoisotopic (exact) mass is 278 g/mol. The van der Waals surface area contributed by atoms with Crippen LogP contribution in [0.5, 0.6) is 0 Å². The lowest BCUT2D eigenvalue weighted by molar-refractivity contribution is -0.131. The van der Waals surface area contributed by atoms with Gasteiger partial charge in [-0.2, -0.15) is 0 Å². The van der Waals surface area contributed by atoms with Crippen LogP contribution in [0.4, 0.5) is 10.5 Å². The van der Waals surface area contributed by atoms with Gasteiger partial charge in [-0.3, -0.25) is 0 Å². The Kier molecular flexibility index (Phi) is 6.25. The number of carboxylic acid groups (broad SMARTS) is 1. The Balaban J connectivity index is 2.75. The van der Waals surface area contributed by atoms with Crippen LogP contribution in [0.2, 0.25) is 0 Å². The highest BCUT2D eigenvalue weighted by Crippen LogP contribution is 2.12. The molecule has 1 rings (SSSR count). The summed E-state index contributed by atoms with van der Waals surface area (Å²) in [7, 11) is 0. The molecule has 1 aromatic rings. The summed E-state index contributed by atoms with van der Waals surface area (Å²) in [4.78, 5) is 23.8. The third kappa shape index (κ3) is 5.11. The van der Waals surface area contributed by atoms with Gasteiger partial charge < -0.3 is 20.4 Å². The average Bonchev–Trinajstić information content (AvgIpc) is 2.42. The average molecular weight is 278 g/mol. The lowest BCUT2D eigenvalue weighted by atomic mass is 10.2. The van der Waals surface area contributed by atoms with Crippen LogP contribution in [0, 0.1) is 0 Å². The molecule has 0 aliphatic rings. The lowest BCUT2D eigenvalue weighted by Gasteiger charge is -2.20. The molecule has 0 bridgehead atoms. The van der Waals surface area contributed by atoms with Gasteiger partial charge in [-0.1, -0.05) is 12.1 Å². The largest absolute Gasteiger partial charge is 0.478 e. The van der Waals surface area contributed by atoms with E-state index in [1.54, 1.807) is 24.3 Å². The van der Waals surface area contributed by atoms with Gasteiger partial charge in [-0.25, -0.2) is 9.59 Å². The van der Waals surface area contributed by atoms with Crippen LogP contribution in [0.1, 0.15) is 12.5 Å². The summed E-state index contributed by atoms with van der Waals surface area (Å²) in [6.45, 7) is 2.48. The van der Waals surface area contributed by atoms with Gasteiger partial charge in [0.25, 0.3) is 0 Å². The number of urea groups is 1. The molecule has 6 heteroatoms. The summed E-state index contributed by atoms with van der Waals surface area (Å²) < 4.78 is 0. The van der Waals surface area contributed by atoms with E-state index >= 15 is 0 Å². The van der Waals surface area contributed by atoms with Crippen molar-refractivity contribution in [1.29, 1.82) is 0 Å². The number of likely N-dealkylation sites (N-methyl/N-ethyl adjacent to an activating group) is 1. The van der Waals surface area contributed by atoms with Crippen molar-refractivity contribution in [3.63, 3.8) is 0 Å². The second-order valence-electron chi connectivity index (χ2n) is 4.03. The second-order valence-corrected chi connectivity index (χ2v) is 4.03. The Morgan fingerprint density at radius 3 is 2.75 bits per heavy atom. The second kappa shape index (κ2) is 7.96. The van der Waals surface area contributed by atoms with E-state index in [1.807, 2.05) is 6.92 Å². The Bertz CT molecular complexity index is 500. The first-order valence-electron chi connectivity index (χ1n) is 6.24. The van der Waals surface area contributed by atoms with Crippen LogP contribution < -0.4 is 5.32 Å². The number of anilines is 1. The minimum Gasteiger partial charge on any atom is -0.478 e. The molecule has 0 heterocycles. The summed E-state index contributed by atoms with van der Waals surface area (Å²) in [5.74, 6) is -1.03. The number of hydrogen-bond acceptors (Lipinski definition) is 3. The molecule has 108 valence electrons. The molecule has 0 fully saturated rings. The van der Waals surface area contributed by atoms with Crippen LogP contribution in [-0.4, -0.2) is 46.8 Å². The molecule has 6 nitrogen and oxygen atoms in total. The smallest absolute Gasteiger partial charge is 0.328 e. The van der Waals surface area contributed by atoms with Crippen molar-refractivity contribution in [2.75, 3.05) is 25.0 Å². The van der Waals surface area contributed by atoms with Gasteiger partial charge in [0, 0.05) is 24.9 Å². The Hall–Kier alpha value is -2.34. The van der Waals surface area contributed by atoms with Crippen molar-refractivity contribution in [3.8, 4) is 0 Å². The number of rotatable bonds is 6. The van der Waals surface area contributed by atoms with Gasteiger partial charge in [-0.05, 0) is 30.7 Å². The summed E-state index contributed by atoms with van der Waals surface area (Å²) in [6.07, 6.45) is 2.48. The molecule has 0 aliphatic carbocycles. The first kappa shape index (κ1) is 15.7. The van der Waals surface area contributed by atoms with Crippen molar-refractivity contribution < 1.29 is 19.8 Å². The molecule has 3 N–H and O–H groups in total. The third-order valence-corrected chi connectivity index (χ3v) is 2.60. The van der Waals surface area contributed by atoms with Crippen LogP contribution in [-0.2, 0) is 4.79 Å². The molecule has 0 atom stereocenters. The molecule has 0 unspecified atom stereocenters. The molecule has 0 spiro atoms. The topological polar surface area (TPSA) is 89.9 Å². The van der Waals surface area contributed by atoms with Crippen molar-refractivity contribution >= 4 is 23.8 Å². The Morgan fingerprint density at radius 2 is 2.15 bits per heavy atom. The van der Waals surface area contributed by atoms with E-state index in [1.165, 1.54) is 11.0 Å². The molecule has 1 aromatic carbocycles.